The monoisotopic (exact) mass is 218 g/mol. The molecule has 1 heterocycles. The molecule has 1 aliphatic heterocycles. The lowest BCUT2D eigenvalue weighted by atomic mass is 10.1. The van der Waals surface area contributed by atoms with Gasteiger partial charge in [0.05, 0.1) is 11.1 Å². The fraction of sp³-hybridized carbons (Fsp3) is 0.333. The van der Waals surface area contributed by atoms with Crippen molar-refractivity contribution in [2.45, 2.75) is 26.3 Å². The molecule has 2 amide bonds. The summed E-state index contributed by atoms with van der Waals surface area (Å²) in [5.41, 5.74) is 7.00. The molecule has 1 aromatic carbocycles. The van der Waals surface area contributed by atoms with Gasteiger partial charge < -0.3 is 5.73 Å². The van der Waals surface area contributed by atoms with Gasteiger partial charge >= 0.3 is 0 Å². The van der Waals surface area contributed by atoms with Crippen LogP contribution in [0.5, 0.6) is 0 Å². The van der Waals surface area contributed by atoms with Gasteiger partial charge in [-0.1, -0.05) is 6.92 Å². The van der Waals surface area contributed by atoms with E-state index in [0.717, 1.165) is 6.42 Å². The normalized spacial score (nSPS) is 16.5. The van der Waals surface area contributed by atoms with Crippen molar-refractivity contribution in [1.29, 1.82) is 0 Å². The number of carbonyl (C=O) groups is 2. The number of hydrogen-bond donors (Lipinski definition) is 1. The van der Waals surface area contributed by atoms with Crippen LogP contribution >= 0.6 is 0 Å². The summed E-state index contributed by atoms with van der Waals surface area (Å²) < 4.78 is 0. The third-order valence-electron chi connectivity index (χ3n) is 2.97. The quantitative estimate of drug-likeness (QED) is 0.606. The second-order valence-corrected chi connectivity index (χ2v) is 4.04. The smallest absolute Gasteiger partial charge is 0.261 e. The molecule has 1 aliphatic rings. The van der Waals surface area contributed by atoms with Crippen LogP contribution in [-0.2, 0) is 0 Å². The molecule has 0 spiro atoms. The molecule has 0 fully saturated rings. The number of anilines is 1. The van der Waals surface area contributed by atoms with Crippen LogP contribution in [0.3, 0.4) is 0 Å². The van der Waals surface area contributed by atoms with E-state index in [4.69, 9.17) is 5.73 Å². The van der Waals surface area contributed by atoms with E-state index in [1.54, 1.807) is 18.2 Å². The molecule has 0 aromatic heterocycles. The fourth-order valence-corrected chi connectivity index (χ4v) is 1.86. The maximum atomic E-state index is 12.0. The minimum Gasteiger partial charge on any atom is -0.399 e. The highest BCUT2D eigenvalue weighted by atomic mass is 16.2. The summed E-state index contributed by atoms with van der Waals surface area (Å²) in [6.45, 7) is 3.81. The van der Waals surface area contributed by atoms with Crippen LogP contribution in [-0.4, -0.2) is 22.8 Å². The largest absolute Gasteiger partial charge is 0.399 e. The lowest BCUT2D eigenvalue weighted by molar-refractivity contribution is 0.0593. The molecule has 1 atom stereocenters. The topological polar surface area (TPSA) is 63.4 Å². The van der Waals surface area contributed by atoms with Crippen LogP contribution in [0.25, 0.3) is 0 Å². The van der Waals surface area contributed by atoms with Gasteiger partial charge in [-0.3, -0.25) is 14.5 Å². The molecule has 2 N–H and O–H groups in total. The van der Waals surface area contributed by atoms with Crippen molar-refractivity contribution in [3.63, 3.8) is 0 Å². The summed E-state index contributed by atoms with van der Waals surface area (Å²) in [5, 5.41) is 0. The van der Waals surface area contributed by atoms with Crippen LogP contribution in [0.1, 0.15) is 41.0 Å². The van der Waals surface area contributed by atoms with Gasteiger partial charge in [0.2, 0.25) is 0 Å². The summed E-state index contributed by atoms with van der Waals surface area (Å²) in [7, 11) is 0. The van der Waals surface area contributed by atoms with Gasteiger partial charge in [-0.25, -0.2) is 0 Å². The van der Waals surface area contributed by atoms with Crippen molar-refractivity contribution in [2.75, 3.05) is 5.73 Å². The van der Waals surface area contributed by atoms with Gasteiger partial charge in [0.1, 0.15) is 0 Å². The molecular formula is C12H14N2O2. The number of imide groups is 1. The van der Waals surface area contributed by atoms with Crippen molar-refractivity contribution in [2.24, 2.45) is 0 Å². The molecule has 0 saturated heterocycles. The average Bonchev–Trinajstić information content (AvgIpc) is 2.51. The molecule has 0 bridgehead atoms. The van der Waals surface area contributed by atoms with E-state index in [0.29, 0.717) is 16.8 Å². The lowest BCUT2D eigenvalue weighted by Crippen LogP contribution is -2.37. The Balaban J connectivity index is 2.48. The second-order valence-electron chi connectivity index (χ2n) is 4.04. The zero-order valence-corrected chi connectivity index (χ0v) is 9.36. The summed E-state index contributed by atoms with van der Waals surface area (Å²) >= 11 is 0. The summed E-state index contributed by atoms with van der Waals surface area (Å²) in [5.74, 6) is -0.448. The summed E-state index contributed by atoms with van der Waals surface area (Å²) in [6, 6.07) is 4.75. The Hall–Kier alpha value is -1.84. The fourth-order valence-electron chi connectivity index (χ4n) is 1.86. The molecule has 84 valence electrons. The van der Waals surface area contributed by atoms with E-state index >= 15 is 0 Å². The molecule has 16 heavy (non-hydrogen) atoms. The Labute approximate surface area is 94.0 Å². The first-order valence-electron chi connectivity index (χ1n) is 5.33. The van der Waals surface area contributed by atoms with Crippen LogP contribution < -0.4 is 5.73 Å². The Bertz CT molecular complexity index is 468. The van der Waals surface area contributed by atoms with E-state index in [1.807, 2.05) is 13.8 Å². The first-order valence-corrected chi connectivity index (χ1v) is 5.33. The number of benzene rings is 1. The Morgan fingerprint density at radius 2 is 1.88 bits per heavy atom. The van der Waals surface area contributed by atoms with Crippen molar-refractivity contribution in [3.8, 4) is 0 Å². The highest BCUT2D eigenvalue weighted by Crippen LogP contribution is 2.26. The summed E-state index contributed by atoms with van der Waals surface area (Å²) in [4.78, 5) is 25.3. The molecule has 1 unspecified atom stereocenters. The zero-order valence-electron chi connectivity index (χ0n) is 9.36. The standard InChI is InChI=1S/C12H14N2O2/c1-3-7(2)14-11(15)9-5-4-8(13)6-10(9)12(14)16/h4-7H,3,13H2,1-2H3. The van der Waals surface area contributed by atoms with Crippen LogP contribution in [0.2, 0.25) is 0 Å². The van der Waals surface area contributed by atoms with Crippen molar-refractivity contribution < 1.29 is 9.59 Å². The molecule has 1 aromatic rings. The Morgan fingerprint density at radius 3 is 2.50 bits per heavy atom. The third kappa shape index (κ3) is 1.38. The lowest BCUT2D eigenvalue weighted by Gasteiger charge is -2.20. The highest BCUT2D eigenvalue weighted by molar-refractivity contribution is 6.21. The predicted octanol–water partition coefficient (Wildman–Crippen LogP) is 1.66. The number of rotatable bonds is 2. The number of fused-ring (bicyclic) bond motifs is 1. The predicted molar refractivity (Wildman–Crippen MR) is 61.1 cm³/mol. The van der Waals surface area contributed by atoms with Gasteiger partial charge in [-0.15, -0.1) is 0 Å². The number of nitrogen functional groups attached to an aromatic ring is 1. The SMILES string of the molecule is CCC(C)N1C(=O)c2ccc(N)cc2C1=O. The molecule has 4 nitrogen and oxygen atoms in total. The van der Waals surface area contributed by atoms with Crippen LogP contribution in [0.15, 0.2) is 18.2 Å². The maximum absolute atomic E-state index is 12.0. The Kier molecular flexibility index (Phi) is 2.42. The molecule has 0 saturated carbocycles. The number of nitrogens with two attached hydrogens (primary N) is 1. The molecule has 2 rings (SSSR count). The van der Waals surface area contributed by atoms with Crippen molar-refractivity contribution in [3.05, 3.63) is 29.3 Å². The first-order chi connectivity index (χ1) is 7.56. The van der Waals surface area contributed by atoms with Crippen LogP contribution in [0.4, 0.5) is 5.69 Å². The van der Waals surface area contributed by atoms with E-state index in [9.17, 15) is 9.59 Å². The van der Waals surface area contributed by atoms with E-state index in [2.05, 4.69) is 0 Å². The van der Waals surface area contributed by atoms with E-state index < -0.39 is 0 Å². The zero-order chi connectivity index (χ0) is 11.9. The minimum atomic E-state index is -0.235. The van der Waals surface area contributed by atoms with Gasteiger partial charge in [-0.2, -0.15) is 0 Å². The molecular weight excluding hydrogens is 204 g/mol. The number of carbonyl (C=O) groups excluding carboxylic acids is 2. The van der Waals surface area contributed by atoms with Gasteiger partial charge in [0.15, 0.2) is 0 Å². The minimum absolute atomic E-state index is 0.0753. The molecule has 0 aliphatic carbocycles. The average molecular weight is 218 g/mol. The van der Waals surface area contributed by atoms with Gasteiger partial charge in [-0.05, 0) is 31.5 Å². The van der Waals surface area contributed by atoms with Gasteiger partial charge in [0.25, 0.3) is 11.8 Å². The number of hydrogen-bond acceptors (Lipinski definition) is 3. The highest BCUT2D eigenvalue weighted by Gasteiger charge is 2.37. The van der Waals surface area contributed by atoms with Crippen molar-refractivity contribution in [1.82, 2.24) is 4.90 Å². The first kappa shape index (κ1) is 10.7. The third-order valence-corrected chi connectivity index (χ3v) is 2.97. The van der Waals surface area contributed by atoms with E-state index in [-0.39, 0.29) is 17.9 Å². The summed E-state index contributed by atoms with van der Waals surface area (Å²) in [6.07, 6.45) is 0.751. The van der Waals surface area contributed by atoms with E-state index in [1.165, 1.54) is 4.90 Å². The number of nitrogens with zero attached hydrogens (tertiary/aromatic N) is 1. The van der Waals surface area contributed by atoms with Crippen molar-refractivity contribution >= 4 is 17.5 Å². The number of amides is 2. The Morgan fingerprint density at radius 1 is 1.25 bits per heavy atom. The second kappa shape index (κ2) is 3.63. The van der Waals surface area contributed by atoms with Gasteiger partial charge in [0, 0.05) is 11.7 Å². The maximum Gasteiger partial charge on any atom is 0.261 e. The molecule has 4 heteroatoms. The van der Waals surface area contributed by atoms with Crippen LogP contribution in [0, 0.1) is 0 Å². The molecule has 0 radical (unpaired) electrons.